The highest BCUT2D eigenvalue weighted by atomic mass is 35.5. The molecule has 0 spiro atoms. The highest BCUT2D eigenvalue weighted by Crippen LogP contribution is 2.33. The predicted molar refractivity (Wildman–Crippen MR) is 101 cm³/mol. The standard InChI is InChI=1S/C19H24ClFN4O/c1-3-4-15(21)17(20)12(2)13-6-9-25(10-7-13)19(26)18-14-5-8-22-11-16(14)23-24-18/h3-4,13,22H,2,5-11H2,1H3,(H,23,24)/b4-3-,17-15-. The number of hydrogen-bond acceptors (Lipinski definition) is 3. The number of nitrogens with zero attached hydrogens (tertiary/aromatic N) is 2. The quantitative estimate of drug-likeness (QED) is 0.789. The molecule has 0 aromatic carbocycles. The number of aromatic nitrogens is 2. The fourth-order valence-electron chi connectivity index (χ4n) is 3.55. The molecule has 0 atom stereocenters. The van der Waals surface area contributed by atoms with Gasteiger partial charge in [0.15, 0.2) is 5.69 Å². The Labute approximate surface area is 158 Å². The Kier molecular flexibility index (Phi) is 5.94. The van der Waals surface area contributed by atoms with Crippen molar-refractivity contribution in [3.63, 3.8) is 0 Å². The molecular weight excluding hydrogens is 355 g/mol. The van der Waals surface area contributed by atoms with Gasteiger partial charge in [0.05, 0.1) is 10.7 Å². The summed E-state index contributed by atoms with van der Waals surface area (Å²) in [6.45, 7) is 8.48. The zero-order valence-corrected chi connectivity index (χ0v) is 15.7. The van der Waals surface area contributed by atoms with Gasteiger partial charge in [-0.1, -0.05) is 24.3 Å². The van der Waals surface area contributed by atoms with Gasteiger partial charge in [-0.15, -0.1) is 0 Å². The number of hydrogen-bond donors (Lipinski definition) is 2. The maximum Gasteiger partial charge on any atom is 0.274 e. The second kappa shape index (κ2) is 8.18. The third-order valence-electron chi connectivity index (χ3n) is 5.09. The lowest BCUT2D eigenvalue weighted by molar-refractivity contribution is 0.0695. The Hall–Kier alpha value is -1.92. The van der Waals surface area contributed by atoms with E-state index in [1.807, 2.05) is 4.90 Å². The molecule has 2 N–H and O–H groups in total. The van der Waals surface area contributed by atoms with Gasteiger partial charge in [-0.05, 0) is 50.3 Å². The zero-order chi connectivity index (χ0) is 18.7. The van der Waals surface area contributed by atoms with Crippen molar-refractivity contribution in [1.82, 2.24) is 20.4 Å². The number of fused-ring (bicyclic) bond motifs is 1. The third-order valence-corrected chi connectivity index (χ3v) is 5.51. The molecule has 7 heteroatoms. The number of H-pyrrole nitrogens is 1. The van der Waals surface area contributed by atoms with Gasteiger partial charge in [-0.25, -0.2) is 4.39 Å². The number of carbonyl (C=O) groups excluding carboxylic acids is 1. The molecule has 0 aliphatic carbocycles. The highest BCUT2D eigenvalue weighted by Gasteiger charge is 2.30. The average Bonchev–Trinajstić information content (AvgIpc) is 3.10. The van der Waals surface area contributed by atoms with E-state index in [9.17, 15) is 9.18 Å². The van der Waals surface area contributed by atoms with Crippen LogP contribution in [0.1, 0.15) is 41.5 Å². The van der Waals surface area contributed by atoms with Crippen LogP contribution in [0.15, 0.2) is 35.2 Å². The Bertz CT molecular complexity index is 760. The molecule has 0 radical (unpaired) electrons. The van der Waals surface area contributed by atoms with Gasteiger partial charge < -0.3 is 10.2 Å². The molecule has 26 heavy (non-hydrogen) atoms. The number of amides is 1. The fourth-order valence-corrected chi connectivity index (χ4v) is 3.77. The van der Waals surface area contributed by atoms with Gasteiger partial charge in [-0.3, -0.25) is 9.89 Å². The number of nitrogens with one attached hydrogen (secondary N) is 2. The summed E-state index contributed by atoms with van der Waals surface area (Å²) >= 11 is 6.11. The van der Waals surface area contributed by atoms with Gasteiger partial charge in [0.1, 0.15) is 5.83 Å². The number of aromatic amines is 1. The van der Waals surface area contributed by atoms with Crippen molar-refractivity contribution < 1.29 is 9.18 Å². The van der Waals surface area contributed by atoms with Crippen molar-refractivity contribution in [1.29, 1.82) is 0 Å². The van der Waals surface area contributed by atoms with Crippen molar-refractivity contribution >= 4 is 17.5 Å². The van der Waals surface area contributed by atoms with Crippen molar-refractivity contribution in [2.24, 2.45) is 5.92 Å². The first-order chi connectivity index (χ1) is 12.5. The summed E-state index contributed by atoms with van der Waals surface area (Å²) < 4.78 is 13.9. The van der Waals surface area contributed by atoms with Crippen LogP contribution >= 0.6 is 11.6 Å². The minimum absolute atomic E-state index is 0.0322. The molecular formula is C19H24ClFN4O. The summed E-state index contributed by atoms with van der Waals surface area (Å²) in [6, 6.07) is 0. The Morgan fingerprint density at radius 3 is 2.85 bits per heavy atom. The molecule has 1 fully saturated rings. The van der Waals surface area contributed by atoms with E-state index in [0.29, 0.717) is 24.4 Å². The number of rotatable bonds is 4. The molecule has 2 aliphatic rings. The first-order valence-electron chi connectivity index (χ1n) is 8.96. The van der Waals surface area contributed by atoms with Gasteiger partial charge >= 0.3 is 0 Å². The van der Waals surface area contributed by atoms with Crippen molar-refractivity contribution in [2.45, 2.75) is 32.7 Å². The first-order valence-corrected chi connectivity index (χ1v) is 9.34. The van der Waals surface area contributed by atoms with Crippen LogP contribution in [0, 0.1) is 5.92 Å². The summed E-state index contributed by atoms with van der Waals surface area (Å²) in [5.74, 6) is -0.413. The molecule has 0 unspecified atom stereocenters. The van der Waals surface area contributed by atoms with Crippen molar-refractivity contribution in [2.75, 3.05) is 19.6 Å². The first kappa shape index (κ1) is 18.9. The average molecular weight is 379 g/mol. The van der Waals surface area contributed by atoms with Gasteiger partial charge in [0.2, 0.25) is 0 Å². The van der Waals surface area contributed by atoms with Gasteiger partial charge in [-0.2, -0.15) is 5.10 Å². The summed E-state index contributed by atoms with van der Waals surface area (Å²) in [5.41, 5.74) is 3.17. The van der Waals surface area contributed by atoms with E-state index in [-0.39, 0.29) is 16.9 Å². The maximum atomic E-state index is 13.9. The summed E-state index contributed by atoms with van der Waals surface area (Å²) in [7, 11) is 0. The topological polar surface area (TPSA) is 61.0 Å². The minimum atomic E-state index is -0.463. The van der Waals surface area contributed by atoms with Crippen molar-refractivity contribution in [3.05, 3.63) is 52.1 Å². The number of halogens is 2. The fraction of sp³-hybridized carbons (Fsp3) is 0.474. The van der Waals surface area contributed by atoms with E-state index in [0.717, 1.165) is 43.6 Å². The largest absolute Gasteiger partial charge is 0.337 e. The second-order valence-electron chi connectivity index (χ2n) is 6.71. The smallest absolute Gasteiger partial charge is 0.274 e. The minimum Gasteiger partial charge on any atom is -0.337 e. The lowest BCUT2D eigenvalue weighted by Crippen LogP contribution is -2.39. The van der Waals surface area contributed by atoms with E-state index in [1.54, 1.807) is 13.0 Å². The van der Waals surface area contributed by atoms with Crippen LogP contribution in [-0.2, 0) is 13.0 Å². The van der Waals surface area contributed by atoms with Crippen LogP contribution in [0.5, 0.6) is 0 Å². The molecule has 5 nitrogen and oxygen atoms in total. The van der Waals surface area contributed by atoms with Gasteiger partial charge in [0, 0.05) is 25.2 Å². The molecule has 2 aliphatic heterocycles. The Balaban J connectivity index is 1.63. The second-order valence-corrected chi connectivity index (χ2v) is 7.09. The SMILES string of the molecule is C=C(/C(Cl)=C(F)\C=C/C)C1CCN(C(=O)c2n[nH]c3c2CCNC3)CC1. The molecule has 3 heterocycles. The van der Waals surface area contributed by atoms with Crippen LogP contribution < -0.4 is 5.32 Å². The predicted octanol–water partition coefficient (Wildman–Crippen LogP) is 3.46. The molecule has 140 valence electrons. The molecule has 1 saturated heterocycles. The number of likely N-dealkylation sites (tertiary alicyclic amines) is 1. The molecule has 0 saturated carbocycles. The van der Waals surface area contributed by atoms with Crippen LogP contribution in [0.2, 0.25) is 0 Å². The molecule has 3 rings (SSSR count). The highest BCUT2D eigenvalue weighted by molar-refractivity contribution is 6.32. The van der Waals surface area contributed by atoms with Crippen LogP contribution in [0.25, 0.3) is 0 Å². The van der Waals surface area contributed by atoms with E-state index in [1.165, 1.54) is 6.08 Å². The van der Waals surface area contributed by atoms with Gasteiger partial charge in [0.25, 0.3) is 5.91 Å². The van der Waals surface area contributed by atoms with Crippen LogP contribution in [0.4, 0.5) is 4.39 Å². The number of allylic oxidation sites excluding steroid dienone is 5. The zero-order valence-electron chi connectivity index (χ0n) is 14.9. The normalized spacial score (nSPS) is 19.4. The Morgan fingerprint density at radius 2 is 2.15 bits per heavy atom. The Morgan fingerprint density at radius 1 is 1.42 bits per heavy atom. The molecule has 1 amide bonds. The maximum absolute atomic E-state index is 13.9. The molecule has 1 aromatic heterocycles. The van der Waals surface area contributed by atoms with E-state index < -0.39 is 5.83 Å². The third kappa shape index (κ3) is 3.76. The van der Waals surface area contributed by atoms with E-state index >= 15 is 0 Å². The summed E-state index contributed by atoms with van der Waals surface area (Å²) in [6.07, 6.45) is 5.19. The molecule has 1 aromatic rings. The van der Waals surface area contributed by atoms with Crippen LogP contribution in [-0.4, -0.2) is 40.6 Å². The summed E-state index contributed by atoms with van der Waals surface area (Å²) in [4.78, 5) is 14.7. The number of carbonyl (C=O) groups is 1. The lowest BCUT2D eigenvalue weighted by Gasteiger charge is -2.32. The van der Waals surface area contributed by atoms with Crippen molar-refractivity contribution in [3.8, 4) is 0 Å². The molecule has 0 bridgehead atoms. The number of piperidine rings is 1. The van der Waals surface area contributed by atoms with E-state index in [2.05, 4.69) is 22.1 Å². The lowest BCUT2D eigenvalue weighted by atomic mass is 9.89. The monoisotopic (exact) mass is 378 g/mol. The van der Waals surface area contributed by atoms with Crippen LogP contribution in [0.3, 0.4) is 0 Å². The van der Waals surface area contributed by atoms with E-state index in [4.69, 9.17) is 11.6 Å². The summed E-state index contributed by atoms with van der Waals surface area (Å²) in [5, 5.41) is 10.6.